The molecule has 1 saturated carbocycles. The fourth-order valence-corrected chi connectivity index (χ4v) is 4.05. The van der Waals surface area contributed by atoms with Crippen LogP contribution >= 0.6 is 0 Å². The van der Waals surface area contributed by atoms with Crippen molar-refractivity contribution in [2.45, 2.75) is 44.6 Å². The number of hydrogen-bond acceptors (Lipinski definition) is 2. The smallest absolute Gasteiger partial charge is 0.317 e. The van der Waals surface area contributed by atoms with Gasteiger partial charge in [0.05, 0.1) is 5.41 Å². The molecule has 3 aliphatic rings. The summed E-state index contributed by atoms with van der Waals surface area (Å²) in [4.78, 5) is 29.5. The number of anilines is 1. The molecule has 1 aliphatic carbocycles. The molecule has 128 valence electrons. The van der Waals surface area contributed by atoms with Crippen molar-refractivity contribution in [2.75, 3.05) is 24.5 Å². The molecule has 2 aliphatic heterocycles. The van der Waals surface area contributed by atoms with Crippen LogP contribution in [0.2, 0.25) is 0 Å². The van der Waals surface area contributed by atoms with E-state index in [4.69, 9.17) is 0 Å². The number of nitrogens with zero attached hydrogens (tertiary/aromatic N) is 2. The predicted octanol–water partition coefficient (Wildman–Crippen LogP) is 2.50. The third-order valence-electron chi connectivity index (χ3n) is 5.47. The molecule has 1 aromatic rings. The number of carbonyl (C=O) groups excluding carboxylic acids is 2. The van der Waals surface area contributed by atoms with E-state index in [0.29, 0.717) is 19.0 Å². The SMILES string of the molecule is CC(C)NC(=O)N1CCC2(C1)C(=O)N(CC1CC1)c1ccccc12. The van der Waals surface area contributed by atoms with Gasteiger partial charge >= 0.3 is 6.03 Å². The van der Waals surface area contributed by atoms with Gasteiger partial charge in [0.15, 0.2) is 0 Å². The van der Waals surface area contributed by atoms with Gasteiger partial charge < -0.3 is 15.1 Å². The number of fused-ring (bicyclic) bond motifs is 2. The Kier molecular flexibility index (Phi) is 3.55. The van der Waals surface area contributed by atoms with Crippen molar-refractivity contribution in [2.24, 2.45) is 5.92 Å². The molecule has 1 spiro atoms. The molecule has 0 bridgehead atoms. The second kappa shape index (κ2) is 5.50. The summed E-state index contributed by atoms with van der Waals surface area (Å²) < 4.78 is 0. The van der Waals surface area contributed by atoms with Gasteiger partial charge in [0.2, 0.25) is 5.91 Å². The maximum Gasteiger partial charge on any atom is 0.317 e. The number of urea groups is 1. The topological polar surface area (TPSA) is 52.7 Å². The van der Waals surface area contributed by atoms with Crippen LogP contribution in [0.15, 0.2) is 24.3 Å². The minimum Gasteiger partial charge on any atom is -0.336 e. The second-order valence-electron chi connectivity index (χ2n) is 7.73. The normalized spacial score (nSPS) is 25.7. The Labute approximate surface area is 143 Å². The first-order valence-electron chi connectivity index (χ1n) is 8.98. The van der Waals surface area contributed by atoms with E-state index in [1.54, 1.807) is 4.90 Å². The highest BCUT2D eigenvalue weighted by atomic mass is 16.2. The Morgan fingerprint density at radius 2 is 2.08 bits per heavy atom. The monoisotopic (exact) mass is 327 g/mol. The molecule has 1 unspecified atom stereocenters. The van der Waals surface area contributed by atoms with Gasteiger partial charge in [0, 0.05) is 31.4 Å². The molecule has 1 atom stereocenters. The predicted molar refractivity (Wildman–Crippen MR) is 93.1 cm³/mol. The Bertz CT molecular complexity index is 683. The molecule has 4 rings (SSSR count). The van der Waals surface area contributed by atoms with Crippen LogP contribution in [0.3, 0.4) is 0 Å². The average Bonchev–Trinajstić information content (AvgIpc) is 3.21. The van der Waals surface area contributed by atoms with Gasteiger partial charge in [0.25, 0.3) is 0 Å². The molecule has 2 fully saturated rings. The van der Waals surface area contributed by atoms with Gasteiger partial charge in [0.1, 0.15) is 0 Å². The molecule has 1 saturated heterocycles. The number of benzene rings is 1. The summed E-state index contributed by atoms with van der Waals surface area (Å²) in [6.07, 6.45) is 3.17. The van der Waals surface area contributed by atoms with Crippen LogP contribution in [0.4, 0.5) is 10.5 Å². The molecular formula is C19H25N3O2. The van der Waals surface area contributed by atoms with Crippen molar-refractivity contribution in [3.8, 4) is 0 Å². The minimum atomic E-state index is -0.542. The zero-order chi connectivity index (χ0) is 16.9. The van der Waals surface area contributed by atoms with Gasteiger partial charge in [-0.2, -0.15) is 0 Å². The number of nitrogens with one attached hydrogen (secondary N) is 1. The second-order valence-corrected chi connectivity index (χ2v) is 7.73. The van der Waals surface area contributed by atoms with Crippen molar-refractivity contribution >= 4 is 17.6 Å². The maximum absolute atomic E-state index is 13.3. The summed E-state index contributed by atoms with van der Waals surface area (Å²) >= 11 is 0. The standard InChI is InChI=1S/C19H25N3O2/c1-13(2)20-18(24)21-10-9-19(12-21)15-5-3-4-6-16(15)22(17(19)23)11-14-7-8-14/h3-6,13-14H,7-12H2,1-2H3,(H,20,24). The lowest BCUT2D eigenvalue weighted by molar-refractivity contribution is -0.122. The van der Waals surface area contributed by atoms with Crippen LogP contribution in [0.25, 0.3) is 0 Å². The summed E-state index contributed by atoms with van der Waals surface area (Å²) in [6.45, 7) is 5.86. The molecular weight excluding hydrogens is 302 g/mol. The lowest BCUT2D eigenvalue weighted by Crippen LogP contribution is -2.46. The third kappa shape index (κ3) is 2.38. The van der Waals surface area contributed by atoms with Crippen LogP contribution < -0.4 is 10.2 Å². The van der Waals surface area contributed by atoms with Gasteiger partial charge in [-0.25, -0.2) is 4.79 Å². The van der Waals surface area contributed by atoms with E-state index >= 15 is 0 Å². The molecule has 5 nitrogen and oxygen atoms in total. The molecule has 1 aromatic carbocycles. The van der Waals surface area contributed by atoms with Gasteiger partial charge in [-0.3, -0.25) is 4.79 Å². The first-order valence-corrected chi connectivity index (χ1v) is 8.98. The number of amides is 3. The Morgan fingerprint density at radius 3 is 2.79 bits per heavy atom. The highest BCUT2D eigenvalue weighted by molar-refractivity contribution is 6.09. The van der Waals surface area contributed by atoms with E-state index in [1.807, 2.05) is 30.9 Å². The highest BCUT2D eigenvalue weighted by Gasteiger charge is 2.55. The number of para-hydroxylation sites is 1. The summed E-state index contributed by atoms with van der Waals surface area (Å²) in [7, 11) is 0. The maximum atomic E-state index is 13.3. The average molecular weight is 327 g/mol. The van der Waals surface area contributed by atoms with E-state index < -0.39 is 5.41 Å². The number of rotatable bonds is 3. The summed E-state index contributed by atoms with van der Waals surface area (Å²) in [6, 6.07) is 8.18. The minimum absolute atomic E-state index is 0.0622. The number of likely N-dealkylation sites (tertiary alicyclic amines) is 1. The van der Waals surface area contributed by atoms with Crippen molar-refractivity contribution in [3.05, 3.63) is 29.8 Å². The van der Waals surface area contributed by atoms with Crippen LogP contribution in [0.5, 0.6) is 0 Å². The molecule has 1 N–H and O–H groups in total. The van der Waals surface area contributed by atoms with Gasteiger partial charge in [-0.05, 0) is 50.7 Å². The van der Waals surface area contributed by atoms with Gasteiger partial charge in [-0.15, -0.1) is 0 Å². The Hall–Kier alpha value is -2.04. The lowest BCUT2D eigenvalue weighted by atomic mass is 9.81. The van der Waals surface area contributed by atoms with E-state index in [9.17, 15) is 9.59 Å². The van der Waals surface area contributed by atoms with Crippen LogP contribution in [-0.4, -0.2) is 42.5 Å². The summed E-state index contributed by atoms with van der Waals surface area (Å²) in [5, 5.41) is 2.95. The van der Waals surface area contributed by atoms with E-state index in [0.717, 1.165) is 24.2 Å². The molecule has 2 heterocycles. The van der Waals surface area contributed by atoms with Gasteiger partial charge in [-0.1, -0.05) is 18.2 Å². The van der Waals surface area contributed by atoms with Crippen molar-refractivity contribution in [3.63, 3.8) is 0 Å². The zero-order valence-corrected chi connectivity index (χ0v) is 14.4. The molecule has 0 radical (unpaired) electrons. The fourth-order valence-electron chi connectivity index (χ4n) is 4.05. The van der Waals surface area contributed by atoms with Crippen LogP contribution in [0, 0.1) is 5.92 Å². The van der Waals surface area contributed by atoms with Crippen molar-refractivity contribution in [1.29, 1.82) is 0 Å². The third-order valence-corrected chi connectivity index (χ3v) is 5.47. The van der Waals surface area contributed by atoms with E-state index in [2.05, 4.69) is 17.4 Å². The van der Waals surface area contributed by atoms with Crippen LogP contribution in [0.1, 0.15) is 38.7 Å². The molecule has 24 heavy (non-hydrogen) atoms. The van der Waals surface area contributed by atoms with Crippen molar-refractivity contribution < 1.29 is 9.59 Å². The zero-order valence-electron chi connectivity index (χ0n) is 14.4. The van der Waals surface area contributed by atoms with E-state index in [-0.39, 0.29) is 18.0 Å². The first kappa shape index (κ1) is 15.5. The number of carbonyl (C=O) groups is 2. The van der Waals surface area contributed by atoms with Crippen LogP contribution in [-0.2, 0) is 10.2 Å². The van der Waals surface area contributed by atoms with E-state index in [1.165, 1.54) is 12.8 Å². The lowest BCUT2D eigenvalue weighted by Gasteiger charge is -2.25. The quantitative estimate of drug-likeness (QED) is 0.927. The Morgan fingerprint density at radius 1 is 1.33 bits per heavy atom. The number of hydrogen-bond donors (Lipinski definition) is 1. The summed E-state index contributed by atoms with van der Waals surface area (Å²) in [5.74, 6) is 0.842. The molecule has 0 aromatic heterocycles. The highest BCUT2D eigenvalue weighted by Crippen LogP contribution is 2.48. The fraction of sp³-hybridized carbons (Fsp3) is 0.579. The Balaban J connectivity index is 1.63. The van der Waals surface area contributed by atoms with Crippen molar-refractivity contribution in [1.82, 2.24) is 10.2 Å². The molecule has 3 amide bonds. The summed E-state index contributed by atoms with van der Waals surface area (Å²) in [5.41, 5.74) is 1.62. The largest absolute Gasteiger partial charge is 0.336 e. The first-order chi connectivity index (χ1) is 11.5. The molecule has 5 heteroatoms.